The van der Waals surface area contributed by atoms with Gasteiger partial charge in [-0.2, -0.15) is 0 Å². The zero-order valence-electron chi connectivity index (χ0n) is 11.3. The number of likely N-dealkylation sites (tertiary alicyclic amines) is 1. The van der Waals surface area contributed by atoms with Gasteiger partial charge in [0.05, 0.1) is 0 Å². The standard InChI is InChI=1S/C13H24N2O2/c1-9-11-5-6-14-7-10(11)8-15(9)12(16)17-13(2,3)4/h9-11,14H,5-8H2,1-4H3. The first-order valence-corrected chi connectivity index (χ1v) is 6.59. The Morgan fingerprint density at radius 3 is 2.71 bits per heavy atom. The second-order valence-corrected chi connectivity index (χ2v) is 6.29. The zero-order chi connectivity index (χ0) is 12.6. The lowest BCUT2D eigenvalue weighted by molar-refractivity contribution is 0.0221. The second kappa shape index (κ2) is 4.48. The van der Waals surface area contributed by atoms with E-state index in [0.717, 1.165) is 19.6 Å². The number of hydrogen-bond donors (Lipinski definition) is 1. The van der Waals surface area contributed by atoms with Gasteiger partial charge in [0.2, 0.25) is 0 Å². The fourth-order valence-electron chi connectivity index (χ4n) is 2.99. The summed E-state index contributed by atoms with van der Waals surface area (Å²) < 4.78 is 5.46. The van der Waals surface area contributed by atoms with Crippen molar-refractivity contribution >= 4 is 6.09 Å². The molecule has 2 saturated heterocycles. The molecule has 1 N–H and O–H groups in total. The molecule has 2 aliphatic rings. The van der Waals surface area contributed by atoms with Crippen molar-refractivity contribution < 1.29 is 9.53 Å². The van der Waals surface area contributed by atoms with E-state index in [1.807, 2.05) is 25.7 Å². The molecular weight excluding hydrogens is 216 g/mol. The van der Waals surface area contributed by atoms with E-state index in [4.69, 9.17) is 4.74 Å². The smallest absolute Gasteiger partial charge is 0.410 e. The highest BCUT2D eigenvalue weighted by atomic mass is 16.6. The predicted octanol–water partition coefficient (Wildman–Crippen LogP) is 1.85. The molecule has 0 bridgehead atoms. The first-order chi connectivity index (χ1) is 7.88. The Morgan fingerprint density at radius 2 is 2.12 bits per heavy atom. The Bertz CT molecular complexity index is 298. The molecule has 2 fully saturated rings. The molecule has 2 aliphatic heterocycles. The molecular formula is C13H24N2O2. The van der Waals surface area contributed by atoms with Crippen LogP contribution in [0.3, 0.4) is 0 Å². The lowest BCUT2D eigenvalue weighted by Gasteiger charge is -2.29. The maximum absolute atomic E-state index is 12.1. The van der Waals surface area contributed by atoms with Crippen LogP contribution >= 0.6 is 0 Å². The number of hydrogen-bond acceptors (Lipinski definition) is 3. The minimum Gasteiger partial charge on any atom is -0.444 e. The topological polar surface area (TPSA) is 41.6 Å². The molecule has 2 heterocycles. The molecule has 4 nitrogen and oxygen atoms in total. The van der Waals surface area contributed by atoms with Crippen LogP contribution in [0.5, 0.6) is 0 Å². The van der Waals surface area contributed by atoms with Crippen molar-refractivity contribution in [3.8, 4) is 0 Å². The summed E-state index contributed by atoms with van der Waals surface area (Å²) in [5, 5.41) is 3.41. The first kappa shape index (κ1) is 12.7. The summed E-state index contributed by atoms with van der Waals surface area (Å²) in [7, 11) is 0. The first-order valence-electron chi connectivity index (χ1n) is 6.59. The Hall–Kier alpha value is -0.770. The van der Waals surface area contributed by atoms with E-state index in [0.29, 0.717) is 17.9 Å². The molecule has 0 saturated carbocycles. The van der Waals surface area contributed by atoms with Gasteiger partial charge in [-0.1, -0.05) is 0 Å². The van der Waals surface area contributed by atoms with Gasteiger partial charge in [0.15, 0.2) is 0 Å². The van der Waals surface area contributed by atoms with Gasteiger partial charge in [0.25, 0.3) is 0 Å². The fraction of sp³-hybridized carbons (Fsp3) is 0.923. The van der Waals surface area contributed by atoms with Gasteiger partial charge in [-0.05, 0) is 59.0 Å². The van der Waals surface area contributed by atoms with Crippen LogP contribution < -0.4 is 5.32 Å². The van der Waals surface area contributed by atoms with Crippen molar-refractivity contribution in [2.24, 2.45) is 11.8 Å². The quantitative estimate of drug-likeness (QED) is 0.702. The number of nitrogens with one attached hydrogen (secondary N) is 1. The minimum absolute atomic E-state index is 0.153. The summed E-state index contributed by atoms with van der Waals surface area (Å²) in [5.74, 6) is 1.25. The molecule has 0 radical (unpaired) electrons. The fourth-order valence-corrected chi connectivity index (χ4v) is 2.99. The molecule has 2 rings (SSSR count). The third-order valence-corrected chi connectivity index (χ3v) is 3.84. The Morgan fingerprint density at radius 1 is 1.41 bits per heavy atom. The molecule has 0 aromatic carbocycles. The predicted molar refractivity (Wildman–Crippen MR) is 66.9 cm³/mol. The normalized spacial score (nSPS) is 33.4. The van der Waals surface area contributed by atoms with E-state index in [1.165, 1.54) is 6.42 Å². The molecule has 1 amide bonds. The van der Waals surface area contributed by atoms with Crippen LogP contribution in [0, 0.1) is 11.8 Å². The summed E-state index contributed by atoms with van der Waals surface area (Å²) >= 11 is 0. The third kappa shape index (κ3) is 2.73. The van der Waals surface area contributed by atoms with Crippen LogP contribution in [0.2, 0.25) is 0 Å². The lowest BCUT2D eigenvalue weighted by atomic mass is 9.86. The van der Waals surface area contributed by atoms with Crippen molar-refractivity contribution in [1.29, 1.82) is 0 Å². The second-order valence-electron chi connectivity index (χ2n) is 6.29. The number of piperidine rings is 1. The van der Waals surface area contributed by atoms with Gasteiger partial charge in [-0.3, -0.25) is 0 Å². The number of nitrogens with zero attached hydrogens (tertiary/aromatic N) is 1. The van der Waals surface area contributed by atoms with Crippen molar-refractivity contribution in [2.75, 3.05) is 19.6 Å². The number of ether oxygens (including phenoxy) is 1. The average Bonchev–Trinajstić information content (AvgIpc) is 2.55. The van der Waals surface area contributed by atoms with E-state index in [1.54, 1.807) is 0 Å². The summed E-state index contributed by atoms with van der Waals surface area (Å²) in [6.07, 6.45) is 1.02. The molecule has 3 atom stereocenters. The Labute approximate surface area is 104 Å². The van der Waals surface area contributed by atoms with Crippen molar-refractivity contribution in [2.45, 2.75) is 45.8 Å². The number of amides is 1. The number of carbonyl (C=O) groups excluding carboxylic acids is 1. The SMILES string of the molecule is CC1C2CCNCC2CN1C(=O)OC(C)(C)C. The van der Waals surface area contributed by atoms with Gasteiger partial charge < -0.3 is 15.0 Å². The van der Waals surface area contributed by atoms with Gasteiger partial charge in [0, 0.05) is 12.6 Å². The van der Waals surface area contributed by atoms with Crippen LogP contribution in [0.1, 0.15) is 34.1 Å². The molecule has 0 spiro atoms. The van der Waals surface area contributed by atoms with E-state index in [2.05, 4.69) is 12.2 Å². The molecule has 17 heavy (non-hydrogen) atoms. The minimum atomic E-state index is -0.400. The van der Waals surface area contributed by atoms with Crippen LogP contribution in [-0.2, 0) is 4.74 Å². The maximum atomic E-state index is 12.1. The zero-order valence-corrected chi connectivity index (χ0v) is 11.3. The number of carbonyl (C=O) groups is 1. The van der Waals surface area contributed by atoms with Gasteiger partial charge in [0.1, 0.15) is 5.60 Å². The van der Waals surface area contributed by atoms with E-state index in [-0.39, 0.29) is 6.09 Å². The van der Waals surface area contributed by atoms with E-state index < -0.39 is 5.60 Å². The van der Waals surface area contributed by atoms with Crippen molar-refractivity contribution in [3.63, 3.8) is 0 Å². The van der Waals surface area contributed by atoms with Gasteiger partial charge >= 0.3 is 6.09 Å². The monoisotopic (exact) mass is 240 g/mol. The van der Waals surface area contributed by atoms with Gasteiger partial charge in [-0.15, -0.1) is 0 Å². The van der Waals surface area contributed by atoms with Crippen LogP contribution in [0.25, 0.3) is 0 Å². The summed E-state index contributed by atoms with van der Waals surface area (Å²) in [6, 6.07) is 0.317. The lowest BCUT2D eigenvalue weighted by Crippen LogP contribution is -2.40. The Balaban J connectivity index is 2.00. The highest BCUT2D eigenvalue weighted by Gasteiger charge is 2.43. The van der Waals surface area contributed by atoms with E-state index in [9.17, 15) is 4.79 Å². The molecule has 4 heteroatoms. The molecule has 0 aliphatic carbocycles. The van der Waals surface area contributed by atoms with Crippen LogP contribution in [0.15, 0.2) is 0 Å². The highest BCUT2D eigenvalue weighted by Crippen LogP contribution is 2.34. The molecule has 0 aromatic rings. The third-order valence-electron chi connectivity index (χ3n) is 3.84. The van der Waals surface area contributed by atoms with Crippen LogP contribution in [0.4, 0.5) is 4.79 Å². The Kier molecular flexibility index (Phi) is 3.34. The van der Waals surface area contributed by atoms with Crippen LogP contribution in [-0.4, -0.2) is 42.3 Å². The average molecular weight is 240 g/mol. The summed E-state index contributed by atoms with van der Waals surface area (Å²) in [6.45, 7) is 10.9. The molecule has 98 valence electrons. The number of rotatable bonds is 0. The number of fused-ring (bicyclic) bond motifs is 1. The summed E-state index contributed by atoms with van der Waals surface area (Å²) in [5.41, 5.74) is -0.400. The van der Waals surface area contributed by atoms with E-state index >= 15 is 0 Å². The van der Waals surface area contributed by atoms with Crippen molar-refractivity contribution in [3.05, 3.63) is 0 Å². The molecule has 3 unspecified atom stereocenters. The maximum Gasteiger partial charge on any atom is 0.410 e. The molecule has 0 aromatic heterocycles. The van der Waals surface area contributed by atoms with Crippen molar-refractivity contribution in [1.82, 2.24) is 10.2 Å². The largest absolute Gasteiger partial charge is 0.444 e. The highest BCUT2D eigenvalue weighted by molar-refractivity contribution is 5.69. The summed E-state index contributed by atoms with van der Waals surface area (Å²) in [4.78, 5) is 14.0. The van der Waals surface area contributed by atoms with Gasteiger partial charge in [-0.25, -0.2) is 4.79 Å².